The highest BCUT2D eigenvalue weighted by Crippen LogP contribution is 2.27. The number of rotatable bonds is 6. The molecular formula is C13H20N2O3. The summed E-state index contributed by atoms with van der Waals surface area (Å²) in [5.41, 5.74) is 0.441. The number of anilines is 1. The zero-order valence-corrected chi connectivity index (χ0v) is 10.6. The predicted molar refractivity (Wildman–Crippen MR) is 70.9 cm³/mol. The number of carbonyl (C=O) groups excluding carboxylic acids is 1. The second kappa shape index (κ2) is 7.42. The Bertz CT molecular complexity index is 394. The molecule has 0 unspecified atom stereocenters. The van der Waals surface area contributed by atoms with Gasteiger partial charge in [0.1, 0.15) is 0 Å². The lowest BCUT2D eigenvalue weighted by Crippen LogP contribution is -2.29. The molecule has 100 valence electrons. The quantitative estimate of drug-likeness (QED) is 0.357. The first kappa shape index (κ1) is 14.2. The van der Waals surface area contributed by atoms with Crippen LogP contribution in [0.25, 0.3) is 0 Å². The van der Waals surface area contributed by atoms with Crippen LogP contribution in [0.1, 0.15) is 32.6 Å². The zero-order valence-electron chi connectivity index (χ0n) is 10.6. The van der Waals surface area contributed by atoms with Crippen molar-refractivity contribution in [2.75, 3.05) is 11.9 Å². The Hall–Kier alpha value is -1.91. The van der Waals surface area contributed by atoms with E-state index in [0.29, 0.717) is 12.2 Å². The van der Waals surface area contributed by atoms with E-state index in [1.165, 1.54) is 31.0 Å². The van der Waals surface area contributed by atoms with E-state index in [0.717, 1.165) is 12.8 Å². The van der Waals surface area contributed by atoms with Crippen molar-refractivity contribution in [2.45, 2.75) is 32.6 Å². The van der Waals surface area contributed by atoms with Gasteiger partial charge in [0.15, 0.2) is 11.5 Å². The third-order valence-electron chi connectivity index (χ3n) is 2.55. The molecule has 0 bridgehead atoms. The molecule has 0 spiro atoms. The van der Waals surface area contributed by atoms with Crippen LogP contribution in [0, 0.1) is 0 Å². The number of aromatic hydroxyl groups is 2. The average molecular weight is 252 g/mol. The maximum Gasteiger partial charge on any atom is 0.319 e. The van der Waals surface area contributed by atoms with E-state index >= 15 is 0 Å². The molecule has 1 aromatic carbocycles. The van der Waals surface area contributed by atoms with Gasteiger partial charge in [-0.3, -0.25) is 0 Å². The molecule has 0 saturated carbocycles. The molecule has 2 amide bonds. The van der Waals surface area contributed by atoms with Gasteiger partial charge in [0.25, 0.3) is 0 Å². The molecule has 0 aliphatic carbocycles. The highest BCUT2D eigenvalue weighted by atomic mass is 16.3. The molecule has 4 N–H and O–H groups in total. The van der Waals surface area contributed by atoms with Crippen molar-refractivity contribution in [1.82, 2.24) is 5.32 Å². The molecule has 0 atom stereocenters. The van der Waals surface area contributed by atoms with Crippen molar-refractivity contribution in [3.8, 4) is 11.5 Å². The SMILES string of the molecule is CCCCCCNC(=O)Nc1ccc(O)c(O)c1. The first-order valence-corrected chi connectivity index (χ1v) is 6.20. The maximum absolute atomic E-state index is 11.5. The van der Waals surface area contributed by atoms with Crippen LogP contribution in [0.2, 0.25) is 0 Å². The standard InChI is InChI=1S/C13H20N2O3/c1-2-3-4-5-8-14-13(18)15-10-6-7-11(16)12(17)9-10/h6-7,9,16-17H,2-5,8H2,1H3,(H2,14,15,18). The summed E-state index contributed by atoms with van der Waals surface area (Å²) in [5, 5.41) is 23.7. The summed E-state index contributed by atoms with van der Waals surface area (Å²) in [6.45, 7) is 2.77. The second-order valence-electron chi connectivity index (χ2n) is 4.15. The van der Waals surface area contributed by atoms with Gasteiger partial charge in [0, 0.05) is 18.3 Å². The van der Waals surface area contributed by atoms with Crippen molar-refractivity contribution in [1.29, 1.82) is 0 Å². The van der Waals surface area contributed by atoms with Crippen LogP contribution in [0.15, 0.2) is 18.2 Å². The van der Waals surface area contributed by atoms with E-state index in [1.807, 2.05) is 0 Å². The molecule has 1 aromatic rings. The third-order valence-corrected chi connectivity index (χ3v) is 2.55. The molecule has 0 aliphatic heterocycles. The number of nitrogens with one attached hydrogen (secondary N) is 2. The number of phenolic OH excluding ortho intramolecular Hbond substituents is 2. The first-order valence-electron chi connectivity index (χ1n) is 6.20. The van der Waals surface area contributed by atoms with Crippen LogP contribution in [-0.4, -0.2) is 22.8 Å². The Labute approximate surface area is 107 Å². The molecule has 0 aliphatic rings. The van der Waals surface area contributed by atoms with Gasteiger partial charge in [-0.15, -0.1) is 0 Å². The lowest BCUT2D eigenvalue weighted by Gasteiger charge is -2.08. The Morgan fingerprint density at radius 2 is 1.94 bits per heavy atom. The topological polar surface area (TPSA) is 81.6 Å². The van der Waals surface area contributed by atoms with Crippen molar-refractivity contribution in [3.05, 3.63) is 18.2 Å². The second-order valence-corrected chi connectivity index (χ2v) is 4.15. The van der Waals surface area contributed by atoms with Crippen LogP contribution >= 0.6 is 0 Å². The van der Waals surface area contributed by atoms with Crippen molar-refractivity contribution >= 4 is 11.7 Å². The van der Waals surface area contributed by atoms with Crippen molar-refractivity contribution < 1.29 is 15.0 Å². The van der Waals surface area contributed by atoms with E-state index in [1.54, 1.807) is 0 Å². The number of carbonyl (C=O) groups is 1. The molecule has 1 rings (SSSR count). The van der Waals surface area contributed by atoms with Gasteiger partial charge in [-0.2, -0.15) is 0 Å². The van der Waals surface area contributed by atoms with Gasteiger partial charge in [0.2, 0.25) is 0 Å². The Morgan fingerprint density at radius 3 is 2.61 bits per heavy atom. The van der Waals surface area contributed by atoms with E-state index in [9.17, 15) is 9.90 Å². The molecule has 5 nitrogen and oxygen atoms in total. The summed E-state index contributed by atoms with van der Waals surface area (Å²) in [7, 11) is 0. The summed E-state index contributed by atoms with van der Waals surface area (Å²) in [6, 6.07) is 3.83. The molecule has 0 saturated heterocycles. The van der Waals surface area contributed by atoms with Gasteiger partial charge in [-0.05, 0) is 18.6 Å². The number of amides is 2. The van der Waals surface area contributed by atoms with Crippen LogP contribution in [0.5, 0.6) is 11.5 Å². The lowest BCUT2D eigenvalue weighted by atomic mass is 10.2. The van der Waals surface area contributed by atoms with Gasteiger partial charge in [-0.1, -0.05) is 26.2 Å². The summed E-state index contributed by atoms with van der Waals surface area (Å²) >= 11 is 0. The molecule has 0 radical (unpaired) electrons. The van der Waals surface area contributed by atoms with Crippen LogP contribution in [0.3, 0.4) is 0 Å². The number of hydrogen-bond donors (Lipinski definition) is 4. The lowest BCUT2D eigenvalue weighted by molar-refractivity contribution is 0.252. The molecule has 18 heavy (non-hydrogen) atoms. The number of unbranched alkanes of at least 4 members (excludes halogenated alkanes) is 3. The zero-order chi connectivity index (χ0) is 13.4. The Morgan fingerprint density at radius 1 is 1.17 bits per heavy atom. The molecule has 5 heteroatoms. The molecular weight excluding hydrogens is 232 g/mol. The molecule has 0 fully saturated rings. The van der Waals surface area contributed by atoms with E-state index < -0.39 is 0 Å². The Kier molecular flexibility index (Phi) is 5.84. The summed E-state index contributed by atoms with van der Waals surface area (Å²) in [6.07, 6.45) is 4.41. The minimum Gasteiger partial charge on any atom is -0.504 e. The van der Waals surface area contributed by atoms with E-state index in [-0.39, 0.29) is 17.5 Å². The summed E-state index contributed by atoms with van der Waals surface area (Å²) < 4.78 is 0. The molecule has 0 aromatic heterocycles. The third kappa shape index (κ3) is 4.95. The smallest absolute Gasteiger partial charge is 0.319 e. The summed E-state index contributed by atoms with van der Waals surface area (Å²) in [5.74, 6) is -0.462. The minimum atomic E-state index is -0.309. The van der Waals surface area contributed by atoms with Crippen LogP contribution < -0.4 is 10.6 Å². The fraction of sp³-hybridized carbons (Fsp3) is 0.462. The fourth-order valence-electron chi connectivity index (χ4n) is 1.53. The van der Waals surface area contributed by atoms with E-state index in [2.05, 4.69) is 17.6 Å². The van der Waals surface area contributed by atoms with Crippen LogP contribution in [-0.2, 0) is 0 Å². The number of hydrogen-bond acceptors (Lipinski definition) is 3. The van der Waals surface area contributed by atoms with Crippen molar-refractivity contribution in [2.24, 2.45) is 0 Å². The first-order chi connectivity index (χ1) is 8.63. The fourth-order valence-corrected chi connectivity index (χ4v) is 1.53. The monoisotopic (exact) mass is 252 g/mol. The van der Waals surface area contributed by atoms with Gasteiger partial charge < -0.3 is 20.8 Å². The average Bonchev–Trinajstić information content (AvgIpc) is 2.34. The summed E-state index contributed by atoms with van der Waals surface area (Å²) in [4.78, 5) is 11.5. The van der Waals surface area contributed by atoms with Crippen molar-refractivity contribution in [3.63, 3.8) is 0 Å². The Balaban J connectivity index is 2.29. The van der Waals surface area contributed by atoms with Crippen LogP contribution in [0.4, 0.5) is 10.5 Å². The normalized spacial score (nSPS) is 10.1. The number of urea groups is 1. The highest BCUT2D eigenvalue weighted by Gasteiger charge is 2.04. The number of phenols is 2. The largest absolute Gasteiger partial charge is 0.504 e. The van der Waals surface area contributed by atoms with Gasteiger partial charge >= 0.3 is 6.03 Å². The highest BCUT2D eigenvalue weighted by molar-refractivity contribution is 5.89. The molecule has 0 heterocycles. The number of benzene rings is 1. The van der Waals surface area contributed by atoms with E-state index in [4.69, 9.17) is 5.11 Å². The predicted octanol–water partition coefficient (Wildman–Crippen LogP) is 2.80. The minimum absolute atomic E-state index is 0.208. The maximum atomic E-state index is 11.5. The van der Waals surface area contributed by atoms with Gasteiger partial charge in [-0.25, -0.2) is 4.79 Å². The van der Waals surface area contributed by atoms with Gasteiger partial charge in [0.05, 0.1) is 0 Å².